The molecule has 0 radical (unpaired) electrons. The Morgan fingerprint density at radius 2 is 2.10 bits per heavy atom. The molecular weight excluding hydrogens is 292 g/mol. The average molecular weight is 308 g/mol. The molecule has 2 N–H and O–H groups in total. The summed E-state index contributed by atoms with van der Waals surface area (Å²) in [6, 6.07) is 7.36. The van der Waals surface area contributed by atoms with Gasteiger partial charge in [-0.2, -0.15) is 0 Å². The van der Waals surface area contributed by atoms with Crippen molar-refractivity contribution in [3.63, 3.8) is 0 Å². The van der Waals surface area contributed by atoms with Crippen molar-refractivity contribution in [2.75, 3.05) is 6.61 Å². The van der Waals surface area contributed by atoms with Gasteiger partial charge in [0.15, 0.2) is 0 Å². The molecule has 0 aliphatic rings. The van der Waals surface area contributed by atoms with E-state index in [4.69, 9.17) is 22.7 Å². The Kier molecular flexibility index (Phi) is 4.92. The molecule has 2 rings (SSSR count). The number of ether oxygens (including phenoxy) is 1. The van der Waals surface area contributed by atoms with E-state index in [0.717, 1.165) is 23.4 Å². The van der Waals surface area contributed by atoms with Crippen LogP contribution >= 0.6 is 23.6 Å². The van der Waals surface area contributed by atoms with Gasteiger partial charge in [-0.25, -0.2) is 0 Å². The number of thiocarbonyl (C=S) groups is 1. The van der Waals surface area contributed by atoms with Gasteiger partial charge in [-0.3, -0.25) is 4.79 Å². The monoisotopic (exact) mass is 308 g/mol. The fraction of sp³-hybridized carbons (Fsp3) is 0.286. The van der Waals surface area contributed by atoms with E-state index < -0.39 is 0 Å². The summed E-state index contributed by atoms with van der Waals surface area (Å²) in [5.74, 6) is 0.777. The summed E-state index contributed by atoms with van der Waals surface area (Å²) in [5.41, 5.74) is 7.35. The molecule has 0 unspecified atom stereocenters. The largest absolute Gasteiger partial charge is 0.494 e. The van der Waals surface area contributed by atoms with Crippen molar-refractivity contribution < 1.29 is 4.74 Å². The van der Waals surface area contributed by atoms with Crippen LogP contribution in [0.15, 0.2) is 34.4 Å². The van der Waals surface area contributed by atoms with Crippen molar-refractivity contribution in [2.24, 2.45) is 5.73 Å². The van der Waals surface area contributed by atoms with Crippen LogP contribution in [0.2, 0.25) is 0 Å². The van der Waals surface area contributed by atoms with E-state index in [1.165, 1.54) is 11.3 Å². The molecule has 1 aromatic carbocycles. The third-order valence-corrected chi connectivity index (χ3v) is 4.03. The number of hydrogen-bond acceptors (Lipinski definition) is 4. The van der Waals surface area contributed by atoms with Crippen molar-refractivity contribution in [2.45, 2.75) is 19.9 Å². The number of rotatable bonds is 6. The van der Waals surface area contributed by atoms with Crippen LogP contribution in [0.3, 0.4) is 0 Å². The topological polar surface area (TPSA) is 57.2 Å². The van der Waals surface area contributed by atoms with E-state index in [-0.39, 0.29) is 4.87 Å². The second-order valence-electron chi connectivity index (χ2n) is 4.39. The summed E-state index contributed by atoms with van der Waals surface area (Å²) >= 11 is 6.12. The Morgan fingerprint density at radius 1 is 1.40 bits per heavy atom. The first kappa shape index (κ1) is 14.7. The second-order valence-corrected chi connectivity index (χ2v) is 5.65. The number of aromatic nitrogens is 1. The molecule has 4 nitrogen and oxygen atoms in total. The molecule has 0 bridgehead atoms. The molecule has 0 atom stereocenters. The van der Waals surface area contributed by atoms with Crippen LogP contribution in [0.4, 0.5) is 0 Å². The first-order chi connectivity index (χ1) is 9.58. The highest BCUT2D eigenvalue weighted by Crippen LogP contribution is 2.12. The van der Waals surface area contributed by atoms with Crippen LogP contribution in [0.1, 0.15) is 17.7 Å². The summed E-state index contributed by atoms with van der Waals surface area (Å²) in [4.78, 5) is 12.0. The van der Waals surface area contributed by atoms with E-state index in [9.17, 15) is 4.79 Å². The molecule has 0 saturated heterocycles. The van der Waals surface area contributed by atoms with Crippen LogP contribution in [-0.2, 0) is 6.54 Å². The van der Waals surface area contributed by atoms with E-state index in [0.29, 0.717) is 18.1 Å². The van der Waals surface area contributed by atoms with Gasteiger partial charge >= 0.3 is 4.87 Å². The van der Waals surface area contributed by atoms with Crippen molar-refractivity contribution in [3.8, 4) is 5.75 Å². The minimum Gasteiger partial charge on any atom is -0.494 e. The molecule has 20 heavy (non-hydrogen) atoms. The Balaban J connectivity index is 1.81. The lowest BCUT2D eigenvalue weighted by Gasteiger charge is -2.08. The number of hydrogen-bond donors (Lipinski definition) is 1. The standard InChI is InChI=1S/C14H16N2O2S2/c1-10-9-20-14(17)16(10)7-2-8-18-12-5-3-11(4-6-12)13(15)19/h3-6,9H,2,7-8H2,1H3,(H2,15,19). The molecule has 6 heteroatoms. The zero-order valence-electron chi connectivity index (χ0n) is 11.2. The Bertz CT molecular complexity index is 644. The highest BCUT2D eigenvalue weighted by molar-refractivity contribution is 7.80. The number of nitrogens with zero attached hydrogens (tertiary/aromatic N) is 1. The van der Waals surface area contributed by atoms with Gasteiger partial charge in [0, 0.05) is 23.2 Å². The van der Waals surface area contributed by atoms with Gasteiger partial charge in [0.25, 0.3) is 0 Å². The maximum Gasteiger partial charge on any atom is 0.307 e. The van der Waals surface area contributed by atoms with Crippen LogP contribution in [-0.4, -0.2) is 16.2 Å². The Morgan fingerprint density at radius 3 is 2.65 bits per heavy atom. The van der Waals surface area contributed by atoms with Crippen LogP contribution in [0, 0.1) is 6.92 Å². The van der Waals surface area contributed by atoms with Gasteiger partial charge < -0.3 is 15.0 Å². The fourth-order valence-corrected chi connectivity index (χ4v) is 2.70. The molecule has 0 amide bonds. The van der Waals surface area contributed by atoms with Crippen molar-refractivity contribution in [3.05, 3.63) is 50.6 Å². The first-order valence-corrected chi connectivity index (χ1v) is 7.54. The van der Waals surface area contributed by atoms with Crippen LogP contribution < -0.4 is 15.3 Å². The lowest BCUT2D eigenvalue weighted by atomic mass is 10.2. The minimum atomic E-state index is 0.0864. The number of benzene rings is 1. The Hall–Kier alpha value is -1.66. The van der Waals surface area contributed by atoms with Crippen LogP contribution in [0.25, 0.3) is 0 Å². The summed E-state index contributed by atoms with van der Waals surface area (Å²) in [5, 5.41) is 1.87. The third kappa shape index (κ3) is 3.68. The number of aryl methyl sites for hydroxylation is 1. The molecule has 0 aliphatic carbocycles. The lowest BCUT2D eigenvalue weighted by Crippen LogP contribution is -2.16. The van der Waals surface area contributed by atoms with Gasteiger partial charge in [0.05, 0.1) is 6.61 Å². The summed E-state index contributed by atoms with van der Waals surface area (Å²) in [6.45, 7) is 3.18. The predicted molar refractivity (Wildman–Crippen MR) is 85.8 cm³/mol. The third-order valence-electron chi connectivity index (χ3n) is 2.91. The molecule has 0 fully saturated rings. The maximum absolute atomic E-state index is 11.5. The molecule has 106 valence electrons. The van der Waals surface area contributed by atoms with E-state index in [1.54, 1.807) is 4.57 Å². The van der Waals surface area contributed by atoms with Gasteiger partial charge in [0.1, 0.15) is 10.7 Å². The highest BCUT2D eigenvalue weighted by atomic mass is 32.1. The normalized spacial score (nSPS) is 10.4. The number of nitrogens with two attached hydrogens (primary N) is 1. The SMILES string of the molecule is Cc1csc(=O)n1CCCOc1ccc(C(N)=S)cc1. The molecule has 2 aromatic rings. The average Bonchev–Trinajstić information content (AvgIpc) is 2.75. The highest BCUT2D eigenvalue weighted by Gasteiger charge is 2.02. The molecule has 1 aromatic heterocycles. The lowest BCUT2D eigenvalue weighted by molar-refractivity contribution is 0.301. The van der Waals surface area contributed by atoms with Crippen molar-refractivity contribution >= 4 is 28.5 Å². The van der Waals surface area contributed by atoms with Crippen molar-refractivity contribution in [1.82, 2.24) is 4.57 Å². The maximum atomic E-state index is 11.5. The summed E-state index contributed by atoms with van der Waals surface area (Å²) in [6.07, 6.45) is 0.786. The number of thiazole rings is 1. The van der Waals surface area contributed by atoms with Gasteiger partial charge in [-0.05, 0) is 37.6 Å². The molecule has 1 heterocycles. The summed E-state index contributed by atoms with van der Waals surface area (Å²) < 4.78 is 7.39. The molecule has 0 saturated carbocycles. The molecule has 0 aliphatic heterocycles. The van der Waals surface area contributed by atoms with E-state index in [2.05, 4.69) is 0 Å². The zero-order valence-corrected chi connectivity index (χ0v) is 12.8. The predicted octanol–water partition coefficient (Wildman–Crippen LogP) is 2.32. The van der Waals surface area contributed by atoms with Gasteiger partial charge in [-0.1, -0.05) is 23.6 Å². The Labute approximate surface area is 126 Å². The van der Waals surface area contributed by atoms with Crippen LogP contribution in [0.5, 0.6) is 5.75 Å². The van der Waals surface area contributed by atoms with E-state index in [1.807, 2.05) is 36.6 Å². The van der Waals surface area contributed by atoms with Gasteiger partial charge in [-0.15, -0.1) is 0 Å². The molecule has 0 spiro atoms. The van der Waals surface area contributed by atoms with Gasteiger partial charge in [0.2, 0.25) is 0 Å². The van der Waals surface area contributed by atoms with E-state index >= 15 is 0 Å². The first-order valence-electron chi connectivity index (χ1n) is 6.25. The molecular formula is C14H16N2O2S2. The van der Waals surface area contributed by atoms with Crippen molar-refractivity contribution in [1.29, 1.82) is 0 Å². The fourth-order valence-electron chi connectivity index (χ4n) is 1.80. The minimum absolute atomic E-state index is 0.0864. The quantitative estimate of drug-likeness (QED) is 0.657. The second kappa shape index (κ2) is 6.67. The summed E-state index contributed by atoms with van der Waals surface area (Å²) in [7, 11) is 0. The smallest absolute Gasteiger partial charge is 0.307 e. The zero-order chi connectivity index (χ0) is 14.5.